The number of carbonyl (C=O) groups is 2. The SMILES string of the molecule is C1CCCCCCC1.CC(C)(C)C(=O)C=C(O)C(C)(C)C.CC(C)(C)C(=O)C=C(O)C(C)(C)C.[Ru]. The minimum absolute atomic E-state index is 0. The predicted octanol–water partition coefficient (Wildman–Crippen LogP) is 9.30. The molecular weight excluding hydrogens is 525 g/mol. The quantitative estimate of drug-likeness (QED) is 0.194. The maximum absolute atomic E-state index is 11.5. The molecule has 2 N–H and O–H groups in total. The zero-order chi connectivity index (χ0) is 27.4. The Balaban J connectivity index is -0.000000444. The van der Waals surface area contributed by atoms with Gasteiger partial charge in [-0.2, -0.15) is 0 Å². The van der Waals surface area contributed by atoms with Gasteiger partial charge in [-0.15, -0.1) is 0 Å². The van der Waals surface area contributed by atoms with Crippen molar-refractivity contribution >= 4 is 11.6 Å². The summed E-state index contributed by atoms with van der Waals surface area (Å²) in [6.45, 7) is 22.2. The summed E-state index contributed by atoms with van der Waals surface area (Å²) in [5.41, 5.74) is -1.53. The molecule has 0 heterocycles. The fourth-order valence-corrected chi connectivity index (χ4v) is 2.53. The van der Waals surface area contributed by atoms with Gasteiger partial charge in [0.2, 0.25) is 0 Å². The van der Waals surface area contributed by atoms with Crippen molar-refractivity contribution in [3.63, 3.8) is 0 Å². The molecule has 0 atom stereocenters. The van der Waals surface area contributed by atoms with Crippen molar-refractivity contribution in [3.8, 4) is 0 Å². The standard InChI is InChI=1S/2C11H20O2.C8H16.Ru/c2*1-10(2,3)8(12)7-9(13)11(4,5)6;1-2-4-6-8-7-5-3-1;/h2*7,12H,1-6H3;1-8H2;. The van der Waals surface area contributed by atoms with E-state index in [2.05, 4.69) is 0 Å². The second-order valence-corrected chi connectivity index (χ2v) is 13.6. The minimum atomic E-state index is -0.417. The molecule has 0 aliphatic heterocycles. The summed E-state index contributed by atoms with van der Waals surface area (Å²) in [6, 6.07) is 0. The summed E-state index contributed by atoms with van der Waals surface area (Å²) < 4.78 is 0. The number of aliphatic hydroxyl groups is 2. The average molecular weight is 582 g/mol. The Labute approximate surface area is 230 Å². The number of hydrogen-bond donors (Lipinski definition) is 2. The van der Waals surface area contributed by atoms with E-state index in [4.69, 9.17) is 0 Å². The number of ketones is 2. The van der Waals surface area contributed by atoms with Crippen molar-refractivity contribution in [2.75, 3.05) is 0 Å². The third-order valence-electron chi connectivity index (χ3n) is 5.55. The van der Waals surface area contributed by atoms with Crippen LogP contribution >= 0.6 is 0 Å². The molecule has 1 aliphatic rings. The van der Waals surface area contributed by atoms with E-state index in [1.807, 2.05) is 83.1 Å². The largest absolute Gasteiger partial charge is 0.512 e. The number of aliphatic hydroxyl groups excluding tert-OH is 2. The Morgan fingerprint density at radius 1 is 0.457 bits per heavy atom. The first-order valence-corrected chi connectivity index (χ1v) is 13.0. The Kier molecular flexibility index (Phi) is 18.4. The van der Waals surface area contributed by atoms with Crippen LogP contribution < -0.4 is 0 Å². The van der Waals surface area contributed by atoms with Gasteiger partial charge in [0.25, 0.3) is 0 Å². The zero-order valence-corrected chi connectivity index (χ0v) is 26.6. The van der Waals surface area contributed by atoms with Gasteiger partial charge < -0.3 is 10.2 Å². The topological polar surface area (TPSA) is 74.6 Å². The number of hydrogen-bond acceptors (Lipinski definition) is 4. The first-order chi connectivity index (χ1) is 15.1. The summed E-state index contributed by atoms with van der Waals surface area (Å²) in [5.74, 6) is 0.208. The third kappa shape index (κ3) is 20.9. The van der Waals surface area contributed by atoms with Gasteiger partial charge in [0, 0.05) is 53.3 Å². The van der Waals surface area contributed by atoms with Gasteiger partial charge in [0.05, 0.1) is 0 Å². The molecule has 0 saturated heterocycles. The number of carbonyl (C=O) groups excluding carboxylic acids is 2. The monoisotopic (exact) mass is 582 g/mol. The van der Waals surface area contributed by atoms with Crippen LogP contribution in [0.4, 0.5) is 0 Å². The molecule has 1 rings (SSSR count). The van der Waals surface area contributed by atoms with Crippen molar-refractivity contribution in [2.45, 2.75) is 134 Å². The van der Waals surface area contributed by atoms with E-state index in [1.165, 1.54) is 63.5 Å². The van der Waals surface area contributed by atoms with E-state index in [0.717, 1.165) is 0 Å². The second-order valence-electron chi connectivity index (χ2n) is 13.6. The molecule has 4 nitrogen and oxygen atoms in total. The molecule has 0 aromatic rings. The van der Waals surface area contributed by atoms with Crippen molar-refractivity contribution < 1.29 is 39.3 Å². The third-order valence-corrected chi connectivity index (χ3v) is 5.55. The molecule has 208 valence electrons. The molecule has 0 amide bonds. The maximum Gasteiger partial charge on any atom is 0.164 e. The summed E-state index contributed by atoms with van der Waals surface area (Å²) >= 11 is 0. The van der Waals surface area contributed by atoms with Gasteiger partial charge in [0.1, 0.15) is 11.5 Å². The zero-order valence-electron chi connectivity index (χ0n) is 24.9. The molecule has 1 aliphatic carbocycles. The second kappa shape index (κ2) is 16.7. The van der Waals surface area contributed by atoms with Crippen LogP contribution in [-0.2, 0) is 29.1 Å². The fraction of sp³-hybridized carbons (Fsp3) is 0.800. The number of rotatable bonds is 2. The van der Waals surface area contributed by atoms with Crippen LogP contribution in [0.3, 0.4) is 0 Å². The number of allylic oxidation sites excluding steroid dienone is 4. The normalized spacial score (nSPS) is 16.2. The van der Waals surface area contributed by atoms with Gasteiger partial charge in [0.15, 0.2) is 11.6 Å². The van der Waals surface area contributed by atoms with E-state index in [1.54, 1.807) is 0 Å². The minimum Gasteiger partial charge on any atom is -0.512 e. The first-order valence-electron chi connectivity index (χ1n) is 13.0. The van der Waals surface area contributed by atoms with E-state index in [0.29, 0.717) is 0 Å². The predicted molar refractivity (Wildman–Crippen MR) is 146 cm³/mol. The van der Waals surface area contributed by atoms with Crippen LogP contribution in [0.2, 0.25) is 0 Å². The van der Waals surface area contributed by atoms with Crippen LogP contribution in [-0.4, -0.2) is 21.8 Å². The van der Waals surface area contributed by atoms with E-state index < -0.39 is 10.8 Å². The van der Waals surface area contributed by atoms with Crippen LogP contribution in [0, 0.1) is 21.7 Å². The van der Waals surface area contributed by atoms with Gasteiger partial charge in [-0.05, 0) is 0 Å². The van der Waals surface area contributed by atoms with Crippen molar-refractivity contribution in [1.29, 1.82) is 0 Å². The summed E-state index contributed by atoms with van der Waals surface area (Å²) in [5, 5.41) is 19.1. The van der Waals surface area contributed by atoms with Gasteiger partial charge >= 0.3 is 0 Å². The Bertz CT molecular complexity index is 599. The van der Waals surface area contributed by atoms with Crippen LogP contribution in [0.25, 0.3) is 0 Å². The van der Waals surface area contributed by atoms with Crippen LogP contribution in [0.5, 0.6) is 0 Å². The molecule has 0 aromatic carbocycles. The molecule has 1 fully saturated rings. The van der Waals surface area contributed by atoms with Crippen molar-refractivity contribution in [2.24, 2.45) is 21.7 Å². The summed E-state index contributed by atoms with van der Waals surface area (Å²) in [6.07, 6.45) is 14.7. The van der Waals surface area contributed by atoms with Gasteiger partial charge in [-0.3, -0.25) is 9.59 Å². The van der Waals surface area contributed by atoms with Crippen molar-refractivity contribution in [1.82, 2.24) is 0 Å². The molecule has 5 heteroatoms. The molecule has 35 heavy (non-hydrogen) atoms. The smallest absolute Gasteiger partial charge is 0.164 e. The Morgan fingerprint density at radius 2 is 0.629 bits per heavy atom. The van der Waals surface area contributed by atoms with Gasteiger partial charge in [-0.25, -0.2) is 0 Å². The van der Waals surface area contributed by atoms with Crippen LogP contribution in [0.15, 0.2) is 23.7 Å². The molecule has 0 unspecified atom stereocenters. The fourth-order valence-electron chi connectivity index (χ4n) is 2.53. The Morgan fingerprint density at radius 3 is 0.743 bits per heavy atom. The molecule has 0 bridgehead atoms. The van der Waals surface area contributed by atoms with E-state index in [-0.39, 0.29) is 53.4 Å². The average Bonchev–Trinajstić information content (AvgIpc) is 2.58. The molecule has 1 saturated carbocycles. The first kappa shape index (κ1) is 38.6. The molecule has 0 spiro atoms. The molecule has 0 radical (unpaired) electrons. The van der Waals surface area contributed by atoms with E-state index >= 15 is 0 Å². The van der Waals surface area contributed by atoms with Gasteiger partial charge in [-0.1, -0.05) is 134 Å². The molecule has 0 aromatic heterocycles. The Hall–Kier alpha value is -0.957. The summed E-state index contributed by atoms with van der Waals surface area (Å²) in [7, 11) is 0. The summed E-state index contributed by atoms with van der Waals surface area (Å²) in [4.78, 5) is 23.0. The van der Waals surface area contributed by atoms with Crippen LogP contribution in [0.1, 0.15) is 134 Å². The molecular formula is C30H56O4Ru. The van der Waals surface area contributed by atoms with Crippen molar-refractivity contribution in [3.05, 3.63) is 23.7 Å². The van der Waals surface area contributed by atoms with E-state index in [9.17, 15) is 19.8 Å². The maximum atomic E-state index is 11.5.